The third kappa shape index (κ3) is 1.38. The minimum atomic E-state index is -4.71. The molecule has 0 aliphatic rings. The van der Waals surface area contributed by atoms with Crippen LogP contribution >= 0.6 is 11.7 Å². The molecular weight excluding hydrogens is 227 g/mol. The van der Waals surface area contributed by atoms with Gasteiger partial charge in [-0.2, -0.15) is 17.2 Å². The maximum absolute atomic E-state index is 12.8. The molecule has 0 aliphatic carbocycles. The number of aryl methyl sites for hydroxylation is 1. The third-order valence-corrected chi connectivity index (χ3v) is 3.23. The maximum atomic E-state index is 12.8. The lowest BCUT2D eigenvalue weighted by Crippen LogP contribution is -1.94. The Hall–Kier alpha value is -1.08. The van der Waals surface area contributed by atoms with Crippen LogP contribution in [-0.2, 0) is 10.2 Å². The molecule has 4 nitrogen and oxygen atoms in total. The zero-order valence-electron chi connectivity index (χ0n) is 7.06. The number of hydrogen-bond donors (Lipinski definition) is 0. The molecule has 0 aliphatic heterocycles. The first-order valence-corrected chi connectivity index (χ1v) is 5.78. The molecule has 0 radical (unpaired) electrons. The van der Waals surface area contributed by atoms with Crippen molar-refractivity contribution in [3.8, 4) is 0 Å². The molecule has 0 N–H and O–H groups in total. The maximum Gasteiger partial charge on any atom is 0.334 e. The van der Waals surface area contributed by atoms with Gasteiger partial charge in [0, 0.05) is 0 Å². The summed E-state index contributed by atoms with van der Waals surface area (Å²) in [7, 11) is -4.71. The van der Waals surface area contributed by atoms with Crippen molar-refractivity contribution in [1.82, 2.24) is 8.75 Å². The van der Waals surface area contributed by atoms with Crippen molar-refractivity contribution in [1.29, 1.82) is 0 Å². The van der Waals surface area contributed by atoms with E-state index in [9.17, 15) is 12.3 Å². The normalized spacial score (nSPS) is 12.1. The second-order valence-corrected chi connectivity index (χ2v) is 4.62. The molecule has 0 amide bonds. The predicted molar refractivity (Wildman–Crippen MR) is 50.4 cm³/mol. The van der Waals surface area contributed by atoms with Crippen LogP contribution in [0, 0.1) is 6.92 Å². The average Bonchev–Trinajstić information content (AvgIpc) is 2.50. The molecule has 0 unspecified atom stereocenters. The van der Waals surface area contributed by atoms with Gasteiger partial charge in [-0.25, -0.2) is 0 Å². The van der Waals surface area contributed by atoms with Gasteiger partial charge in [-0.05, 0) is 18.6 Å². The number of benzene rings is 1. The fourth-order valence-corrected chi connectivity index (χ4v) is 2.45. The van der Waals surface area contributed by atoms with E-state index in [2.05, 4.69) is 8.75 Å². The van der Waals surface area contributed by atoms with Crippen molar-refractivity contribution in [2.75, 3.05) is 0 Å². The van der Waals surface area contributed by atoms with Crippen molar-refractivity contribution < 1.29 is 12.3 Å². The predicted octanol–water partition coefficient (Wildman–Crippen LogP) is 1.66. The minimum Gasteiger partial charge on any atom is -0.189 e. The molecule has 2 aromatic rings. The minimum absolute atomic E-state index is 0.109. The van der Waals surface area contributed by atoms with Gasteiger partial charge in [0.25, 0.3) is 0 Å². The highest BCUT2D eigenvalue weighted by Crippen LogP contribution is 2.25. The van der Waals surface area contributed by atoms with Crippen LogP contribution in [0.2, 0.25) is 0 Å². The van der Waals surface area contributed by atoms with E-state index >= 15 is 0 Å². The highest BCUT2D eigenvalue weighted by atomic mass is 32.3. The highest BCUT2D eigenvalue weighted by Gasteiger charge is 2.19. The van der Waals surface area contributed by atoms with E-state index in [0.717, 1.165) is 17.3 Å². The first-order chi connectivity index (χ1) is 6.50. The highest BCUT2D eigenvalue weighted by molar-refractivity contribution is 7.86. The molecule has 2 rings (SSSR count). The van der Waals surface area contributed by atoms with E-state index in [4.69, 9.17) is 0 Å². The Balaban J connectivity index is 2.93. The molecule has 0 atom stereocenters. The summed E-state index contributed by atoms with van der Waals surface area (Å²) in [5, 5.41) is 0. The molecule has 1 aromatic heterocycles. The Morgan fingerprint density at radius 3 is 2.57 bits per heavy atom. The molecule has 74 valence electrons. The van der Waals surface area contributed by atoms with Crippen LogP contribution in [0.3, 0.4) is 0 Å². The summed E-state index contributed by atoms with van der Waals surface area (Å²) in [6, 6.07) is 2.71. The molecule has 7 heteroatoms. The molecule has 0 fully saturated rings. The number of rotatable bonds is 1. The Morgan fingerprint density at radius 2 is 1.93 bits per heavy atom. The van der Waals surface area contributed by atoms with Gasteiger partial charge in [-0.3, -0.25) is 0 Å². The van der Waals surface area contributed by atoms with E-state index in [0.29, 0.717) is 5.52 Å². The van der Waals surface area contributed by atoms with Gasteiger partial charge < -0.3 is 0 Å². The third-order valence-electron chi connectivity index (χ3n) is 1.84. The summed E-state index contributed by atoms with van der Waals surface area (Å²) in [5.74, 6) is 0. The second kappa shape index (κ2) is 2.96. The monoisotopic (exact) mass is 232 g/mol. The number of hydrogen-bond acceptors (Lipinski definition) is 5. The van der Waals surface area contributed by atoms with E-state index in [1.54, 1.807) is 6.92 Å². The number of nitrogens with zero attached hydrogens (tertiary/aromatic N) is 2. The standard InChI is InChI=1S/C7H5FN2O2S2/c1-4-2-3-5(14(8,11)12)7-6(4)9-13-10-7/h2-3H,1H3. The van der Waals surface area contributed by atoms with Gasteiger partial charge >= 0.3 is 10.2 Å². The first kappa shape index (κ1) is 9.47. The van der Waals surface area contributed by atoms with Crippen molar-refractivity contribution in [2.45, 2.75) is 11.8 Å². The number of fused-ring (bicyclic) bond motifs is 1. The Labute approximate surface area is 83.9 Å². The summed E-state index contributed by atoms with van der Waals surface area (Å²) >= 11 is 0.866. The van der Waals surface area contributed by atoms with Crippen molar-refractivity contribution in [3.63, 3.8) is 0 Å². The van der Waals surface area contributed by atoms with Crippen LogP contribution in [0.1, 0.15) is 5.56 Å². The summed E-state index contributed by atoms with van der Waals surface area (Å²) in [6.45, 7) is 1.76. The largest absolute Gasteiger partial charge is 0.334 e. The lowest BCUT2D eigenvalue weighted by atomic mass is 10.2. The molecular formula is C7H5FN2O2S2. The molecule has 0 bridgehead atoms. The Bertz CT molecular complexity index is 591. The molecule has 0 saturated carbocycles. The van der Waals surface area contributed by atoms with Gasteiger partial charge in [-0.1, -0.05) is 6.07 Å². The van der Waals surface area contributed by atoms with E-state index < -0.39 is 15.1 Å². The van der Waals surface area contributed by atoms with Crippen LogP contribution in [0.15, 0.2) is 17.0 Å². The van der Waals surface area contributed by atoms with E-state index in [1.807, 2.05) is 0 Å². The van der Waals surface area contributed by atoms with Gasteiger partial charge in [-0.15, -0.1) is 3.89 Å². The summed E-state index contributed by atoms with van der Waals surface area (Å²) in [4.78, 5) is -0.410. The summed E-state index contributed by atoms with van der Waals surface area (Å²) in [6.07, 6.45) is 0. The van der Waals surface area contributed by atoms with Crippen LogP contribution in [0.25, 0.3) is 11.0 Å². The fourth-order valence-electron chi connectivity index (χ4n) is 1.16. The lowest BCUT2D eigenvalue weighted by Gasteiger charge is -1.97. The first-order valence-electron chi connectivity index (χ1n) is 3.66. The van der Waals surface area contributed by atoms with Crippen molar-refractivity contribution >= 4 is 33.0 Å². The zero-order valence-corrected chi connectivity index (χ0v) is 8.69. The van der Waals surface area contributed by atoms with Gasteiger partial charge in [0.2, 0.25) is 0 Å². The zero-order chi connectivity index (χ0) is 10.3. The molecule has 1 aromatic carbocycles. The molecule has 1 heterocycles. The fraction of sp³-hybridized carbons (Fsp3) is 0.143. The van der Waals surface area contributed by atoms with E-state index in [-0.39, 0.29) is 5.52 Å². The van der Waals surface area contributed by atoms with Crippen LogP contribution < -0.4 is 0 Å². The molecule has 0 saturated heterocycles. The van der Waals surface area contributed by atoms with Crippen LogP contribution in [0.5, 0.6) is 0 Å². The quantitative estimate of drug-likeness (QED) is 0.701. The summed E-state index contributed by atoms with van der Waals surface area (Å²) < 4.78 is 41.9. The molecule has 14 heavy (non-hydrogen) atoms. The van der Waals surface area contributed by atoms with Crippen LogP contribution in [0.4, 0.5) is 3.89 Å². The van der Waals surface area contributed by atoms with Crippen molar-refractivity contribution in [3.05, 3.63) is 17.7 Å². The van der Waals surface area contributed by atoms with Gasteiger partial charge in [0.05, 0.1) is 11.7 Å². The van der Waals surface area contributed by atoms with Crippen LogP contribution in [-0.4, -0.2) is 17.2 Å². The summed E-state index contributed by atoms with van der Waals surface area (Å²) in [5.41, 5.74) is 1.33. The Morgan fingerprint density at radius 1 is 1.29 bits per heavy atom. The SMILES string of the molecule is Cc1ccc(S(=O)(=O)F)c2nsnc12. The number of halogens is 1. The topological polar surface area (TPSA) is 59.9 Å². The van der Waals surface area contributed by atoms with Gasteiger partial charge in [0.1, 0.15) is 15.9 Å². The van der Waals surface area contributed by atoms with Crippen molar-refractivity contribution in [2.24, 2.45) is 0 Å². The smallest absolute Gasteiger partial charge is 0.189 e. The second-order valence-electron chi connectivity index (χ2n) is 2.78. The van der Waals surface area contributed by atoms with Gasteiger partial charge in [0.15, 0.2) is 0 Å². The average molecular weight is 232 g/mol. The van der Waals surface area contributed by atoms with E-state index in [1.165, 1.54) is 12.1 Å². The lowest BCUT2D eigenvalue weighted by molar-refractivity contribution is 0.553. The number of aromatic nitrogens is 2. The Kier molecular flexibility index (Phi) is 2.00. The molecule has 0 spiro atoms.